The van der Waals surface area contributed by atoms with E-state index in [0.717, 1.165) is 53.1 Å². The predicted octanol–water partition coefficient (Wildman–Crippen LogP) is 2.68. The van der Waals surface area contributed by atoms with Crippen LogP contribution in [-0.2, 0) is 0 Å². The predicted molar refractivity (Wildman–Crippen MR) is 101 cm³/mol. The van der Waals surface area contributed by atoms with E-state index in [1.807, 2.05) is 19.2 Å². The summed E-state index contributed by atoms with van der Waals surface area (Å²) >= 11 is 0. The molecule has 0 spiro atoms. The van der Waals surface area contributed by atoms with Crippen molar-refractivity contribution in [3.63, 3.8) is 0 Å². The fraction of sp³-hybridized carbons (Fsp3) is 0.350. The lowest BCUT2D eigenvalue weighted by Gasteiger charge is -2.43. The monoisotopic (exact) mass is 347 g/mol. The third-order valence-electron chi connectivity index (χ3n) is 5.81. The van der Waals surface area contributed by atoms with Gasteiger partial charge >= 0.3 is 0 Å². The quantitative estimate of drug-likeness (QED) is 0.710. The summed E-state index contributed by atoms with van der Waals surface area (Å²) in [6, 6.07) is 6.37. The second kappa shape index (κ2) is 5.56. The molecular weight excluding hydrogens is 326 g/mol. The van der Waals surface area contributed by atoms with Crippen molar-refractivity contribution in [2.24, 2.45) is 0 Å². The number of aromatic amines is 1. The molecule has 2 unspecified atom stereocenters. The van der Waals surface area contributed by atoms with E-state index in [-0.39, 0.29) is 17.9 Å². The molecule has 5 rings (SSSR count). The molecule has 2 aliphatic heterocycles. The number of aromatic nitrogens is 3. The van der Waals surface area contributed by atoms with Gasteiger partial charge in [0.15, 0.2) is 0 Å². The van der Waals surface area contributed by atoms with Crippen LogP contribution in [-0.4, -0.2) is 40.0 Å². The first-order valence-corrected chi connectivity index (χ1v) is 9.07. The van der Waals surface area contributed by atoms with Crippen LogP contribution < -0.4 is 10.2 Å². The fourth-order valence-electron chi connectivity index (χ4n) is 4.52. The zero-order chi connectivity index (χ0) is 17.8. The van der Waals surface area contributed by atoms with Crippen molar-refractivity contribution >= 4 is 22.8 Å². The van der Waals surface area contributed by atoms with E-state index >= 15 is 0 Å². The molecule has 0 saturated carbocycles. The van der Waals surface area contributed by atoms with Crippen LogP contribution in [0.3, 0.4) is 0 Å². The number of piperidine rings is 1. The molecule has 6 nitrogen and oxygen atoms in total. The summed E-state index contributed by atoms with van der Waals surface area (Å²) in [5.41, 5.74) is 5.09. The Kier molecular flexibility index (Phi) is 3.29. The number of hydrogen-bond acceptors (Lipinski definition) is 4. The molecule has 4 heterocycles. The highest BCUT2D eigenvalue weighted by Gasteiger charge is 2.38. The SMILES string of the molecule is Cc1cccc2c1C(=O)NC1CCN(c3ncnc4[nH]cc(C)c34)CC21. The van der Waals surface area contributed by atoms with Crippen LogP contribution in [0, 0.1) is 13.8 Å². The molecule has 6 heteroatoms. The number of H-pyrrole nitrogens is 1. The number of carbonyl (C=O) groups excluding carboxylic acids is 1. The maximum absolute atomic E-state index is 12.5. The van der Waals surface area contributed by atoms with Crippen LogP contribution >= 0.6 is 0 Å². The number of nitrogens with zero attached hydrogens (tertiary/aromatic N) is 3. The van der Waals surface area contributed by atoms with Crippen LogP contribution in [0.1, 0.15) is 39.4 Å². The van der Waals surface area contributed by atoms with Crippen molar-refractivity contribution in [3.8, 4) is 0 Å². The first kappa shape index (κ1) is 15.4. The number of rotatable bonds is 1. The van der Waals surface area contributed by atoms with Gasteiger partial charge in [0, 0.05) is 36.8 Å². The third-order valence-corrected chi connectivity index (χ3v) is 5.81. The maximum Gasteiger partial charge on any atom is 0.252 e. The van der Waals surface area contributed by atoms with Gasteiger partial charge < -0.3 is 15.2 Å². The zero-order valence-electron chi connectivity index (χ0n) is 14.9. The normalized spacial score (nSPS) is 22.1. The highest BCUT2D eigenvalue weighted by molar-refractivity contribution is 5.99. The van der Waals surface area contributed by atoms with Gasteiger partial charge in [0.1, 0.15) is 17.8 Å². The van der Waals surface area contributed by atoms with Crippen LogP contribution in [0.2, 0.25) is 0 Å². The van der Waals surface area contributed by atoms with E-state index < -0.39 is 0 Å². The highest BCUT2D eigenvalue weighted by Crippen LogP contribution is 2.37. The Hall–Kier alpha value is -2.89. The smallest absolute Gasteiger partial charge is 0.252 e. The van der Waals surface area contributed by atoms with Gasteiger partial charge in [0.25, 0.3) is 5.91 Å². The van der Waals surface area contributed by atoms with Gasteiger partial charge in [-0.1, -0.05) is 18.2 Å². The Morgan fingerprint density at radius 2 is 2.08 bits per heavy atom. The van der Waals surface area contributed by atoms with E-state index in [2.05, 4.69) is 44.2 Å². The van der Waals surface area contributed by atoms with Crippen molar-refractivity contribution in [1.29, 1.82) is 0 Å². The summed E-state index contributed by atoms with van der Waals surface area (Å²) in [5.74, 6) is 1.33. The van der Waals surface area contributed by atoms with Crippen LogP contribution in [0.4, 0.5) is 5.82 Å². The van der Waals surface area contributed by atoms with E-state index in [1.165, 1.54) is 5.56 Å². The standard InChI is InChI=1S/C20H21N5O/c1-11-4-3-5-13-14-9-25(7-6-15(14)24-20(26)16(11)13)19-17-12(2)8-21-18(17)22-10-23-19/h3-5,8,10,14-15H,6-7,9H2,1-2H3,(H,24,26)(H,21,22,23). The summed E-state index contributed by atoms with van der Waals surface area (Å²) in [6.07, 6.45) is 4.52. The molecule has 3 aromatic rings. The Bertz CT molecular complexity index is 1020. The van der Waals surface area contributed by atoms with Crippen LogP contribution in [0.15, 0.2) is 30.7 Å². The summed E-state index contributed by atoms with van der Waals surface area (Å²) in [5, 5.41) is 4.32. The summed E-state index contributed by atoms with van der Waals surface area (Å²) in [7, 11) is 0. The van der Waals surface area contributed by atoms with Gasteiger partial charge in [-0.25, -0.2) is 9.97 Å². The zero-order valence-corrected chi connectivity index (χ0v) is 14.9. The van der Waals surface area contributed by atoms with Crippen LogP contribution in [0.5, 0.6) is 0 Å². The highest BCUT2D eigenvalue weighted by atomic mass is 16.1. The lowest BCUT2D eigenvalue weighted by molar-refractivity contribution is 0.0907. The molecular formula is C20H21N5O. The van der Waals surface area contributed by atoms with Gasteiger partial charge in [-0.3, -0.25) is 4.79 Å². The Morgan fingerprint density at radius 3 is 2.96 bits per heavy atom. The molecule has 1 saturated heterocycles. The molecule has 2 N–H and O–H groups in total. The number of nitrogens with one attached hydrogen (secondary N) is 2. The fourth-order valence-corrected chi connectivity index (χ4v) is 4.52. The Balaban J connectivity index is 1.57. The number of aryl methyl sites for hydroxylation is 2. The number of hydrogen-bond donors (Lipinski definition) is 2. The van der Waals surface area contributed by atoms with Crippen molar-refractivity contribution in [3.05, 3.63) is 53.0 Å². The van der Waals surface area contributed by atoms with E-state index in [4.69, 9.17) is 0 Å². The van der Waals surface area contributed by atoms with Crippen molar-refractivity contribution in [2.45, 2.75) is 32.2 Å². The average molecular weight is 347 g/mol. The molecule has 2 aliphatic rings. The number of amides is 1. The minimum atomic E-state index is 0.0682. The van der Waals surface area contributed by atoms with Gasteiger partial charge in [0.05, 0.1) is 5.39 Å². The molecule has 0 bridgehead atoms. The molecule has 1 aromatic carbocycles. The first-order chi connectivity index (χ1) is 12.6. The molecule has 1 amide bonds. The Labute approximate surface area is 151 Å². The molecule has 0 radical (unpaired) electrons. The second-order valence-electron chi connectivity index (χ2n) is 7.35. The van der Waals surface area contributed by atoms with Gasteiger partial charge in [-0.2, -0.15) is 0 Å². The molecule has 0 aliphatic carbocycles. The molecule has 1 fully saturated rings. The summed E-state index contributed by atoms with van der Waals surface area (Å²) in [6.45, 7) is 5.81. The van der Waals surface area contributed by atoms with Crippen LogP contribution in [0.25, 0.3) is 11.0 Å². The minimum Gasteiger partial charge on any atom is -0.355 e. The van der Waals surface area contributed by atoms with E-state index in [0.29, 0.717) is 0 Å². The molecule has 2 atom stereocenters. The van der Waals surface area contributed by atoms with Gasteiger partial charge in [-0.05, 0) is 37.0 Å². The van der Waals surface area contributed by atoms with E-state index in [9.17, 15) is 4.79 Å². The first-order valence-electron chi connectivity index (χ1n) is 9.07. The topological polar surface area (TPSA) is 73.9 Å². The molecule has 2 aromatic heterocycles. The molecule has 26 heavy (non-hydrogen) atoms. The second-order valence-corrected chi connectivity index (χ2v) is 7.35. The minimum absolute atomic E-state index is 0.0682. The number of carbonyl (C=O) groups is 1. The number of anilines is 1. The third kappa shape index (κ3) is 2.14. The number of benzene rings is 1. The van der Waals surface area contributed by atoms with Crippen molar-refractivity contribution in [2.75, 3.05) is 18.0 Å². The molecule has 132 valence electrons. The Morgan fingerprint density at radius 1 is 1.19 bits per heavy atom. The lowest BCUT2D eigenvalue weighted by atomic mass is 9.79. The van der Waals surface area contributed by atoms with Crippen molar-refractivity contribution in [1.82, 2.24) is 20.3 Å². The maximum atomic E-state index is 12.5. The number of fused-ring (bicyclic) bond motifs is 4. The summed E-state index contributed by atoms with van der Waals surface area (Å²) in [4.78, 5) is 27.1. The largest absolute Gasteiger partial charge is 0.355 e. The lowest BCUT2D eigenvalue weighted by Crippen LogP contribution is -2.53. The van der Waals surface area contributed by atoms with E-state index in [1.54, 1.807) is 6.33 Å². The average Bonchev–Trinajstić information content (AvgIpc) is 3.03. The van der Waals surface area contributed by atoms with Gasteiger partial charge in [0.2, 0.25) is 0 Å². The van der Waals surface area contributed by atoms with Crippen molar-refractivity contribution < 1.29 is 4.79 Å². The van der Waals surface area contributed by atoms with Gasteiger partial charge in [-0.15, -0.1) is 0 Å². The summed E-state index contributed by atoms with van der Waals surface area (Å²) < 4.78 is 0.